The number of hydrogen-bond donors (Lipinski definition) is 1. The molecule has 11 heavy (non-hydrogen) atoms. The molecule has 0 saturated carbocycles. The number of nitrogens with one attached hydrogen (secondary N) is 1. The number of rotatable bonds is 6. The Labute approximate surface area is 66.6 Å². The second-order valence-corrected chi connectivity index (χ2v) is 2.39. The average Bonchev–Trinajstić information content (AvgIpc) is 1.97. The van der Waals surface area contributed by atoms with Crippen LogP contribution in [-0.4, -0.2) is 44.6 Å². The molecule has 0 atom stereocenters. The van der Waals surface area contributed by atoms with Crippen molar-refractivity contribution in [1.82, 2.24) is 10.2 Å². The number of halogens is 2. The fraction of sp³-hybridized carbons (Fsp3) is 1.00. The lowest BCUT2D eigenvalue weighted by atomic mass is 10.4. The van der Waals surface area contributed by atoms with E-state index in [-0.39, 0.29) is 6.54 Å². The van der Waals surface area contributed by atoms with E-state index in [2.05, 4.69) is 5.32 Å². The van der Waals surface area contributed by atoms with Crippen molar-refractivity contribution in [3.63, 3.8) is 0 Å². The maximum atomic E-state index is 11.8. The van der Waals surface area contributed by atoms with Gasteiger partial charge >= 0.3 is 0 Å². The van der Waals surface area contributed by atoms with E-state index in [0.717, 1.165) is 6.54 Å². The second-order valence-electron chi connectivity index (χ2n) is 2.39. The highest BCUT2D eigenvalue weighted by Crippen LogP contribution is 1.96. The topological polar surface area (TPSA) is 15.3 Å². The smallest absolute Gasteiger partial charge is 0.251 e. The van der Waals surface area contributed by atoms with E-state index in [4.69, 9.17) is 0 Å². The fourth-order valence-electron chi connectivity index (χ4n) is 0.844. The Morgan fingerprint density at radius 2 is 2.09 bits per heavy atom. The molecule has 0 saturated heterocycles. The molecule has 0 bridgehead atoms. The third-order valence-corrected chi connectivity index (χ3v) is 1.52. The van der Waals surface area contributed by atoms with E-state index in [9.17, 15) is 8.78 Å². The maximum Gasteiger partial charge on any atom is 0.251 e. The van der Waals surface area contributed by atoms with Crippen LogP contribution in [0.15, 0.2) is 0 Å². The highest BCUT2D eigenvalue weighted by Gasteiger charge is 2.08. The number of nitrogens with zero attached hydrogens (tertiary/aromatic N) is 1. The van der Waals surface area contributed by atoms with Crippen molar-refractivity contribution in [3.8, 4) is 0 Å². The van der Waals surface area contributed by atoms with Gasteiger partial charge in [0.15, 0.2) is 0 Å². The van der Waals surface area contributed by atoms with Crippen LogP contribution in [0.4, 0.5) is 8.78 Å². The van der Waals surface area contributed by atoms with E-state index in [1.165, 1.54) is 0 Å². The summed E-state index contributed by atoms with van der Waals surface area (Å²) in [6.45, 7) is 3.92. The monoisotopic (exact) mass is 166 g/mol. The van der Waals surface area contributed by atoms with Crippen LogP contribution >= 0.6 is 0 Å². The van der Waals surface area contributed by atoms with Gasteiger partial charge in [-0.25, -0.2) is 8.78 Å². The Bertz CT molecular complexity index is 88.5. The zero-order chi connectivity index (χ0) is 8.69. The minimum Gasteiger partial charge on any atom is -0.318 e. The Hall–Kier alpha value is -0.220. The molecule has 0 aliphatic carbocycles. The van der Waals surface area contributed by atoms with Gasteiger partial charge in [0.05, 0.1) is 6.54 Å². The molecular weight excluding hydrogens is 150 g/mol. The van der Waals surface area contributed by atoms with Crippen molar-refractivity contribution in [1.29, 1.82) is 0 Å². The molecule has 0 fully saturated rings. The van der Waals surface area contributed by atoms with E-state index < -0.39 is 6.43 Å². The standard InChI is InChI=1S/C7H16F2N2/c1-3-11(5-4-10-2)6-7(8)9/h7,10H,3-6H2,1-2H3. The van der Waals surface area contributed by atoms with Gasteiger partial charge in [0, 0.05) is 13.1 Å². The summed E-state index contributed by atoms with van der Waals surface area (Å²) in [5, 5.41) is 2.92. The van der Waals surface area contributed by atoms with Gasteiger partial charge < -0.3 is 5.32 Å². The molecule has 0 aromatic carbocycles. The van der Waals surface area contributed by atoms with Gasteiger partial charge in [0.1, 0.15) is 0 Å². The third-order valence-electron chi connectivity index (χ3n) is 1.52. The molecule has 0 amide bonds. The van der Waals surface area contributed by atoms with Crippen LogP contribution in [0.5, 0.6) is 0 Å². The van der Waals surface area contributed by atoms with Gasteiger partial charge in [-0.2, -0.15) is 0 Å². The van der Waals surface area contributed by atoms with Gasteiger partial charge in [0.25, 0.3) is 6.43 Å². The normalized spacial score (nSPS) is 11.5. The van der Waals surface area contributed by atoms with Crippen molar-refractivity contribution < 1.29 is 8.78 Å². The van der Waals surface area contributed by atoms with Crippen LogP contribution in [0.3, 0.4) is 0 Å². The SMILES string of the molecule is CCN(CCNC)CC(F)F. The molecule has 0 aliphatic heterocycles. The molecule has 0 aromatic heterocycles. The van der Waals surface area contributed by atoms with E-state index in [1.807, 2.05) is 14.0 Å². The number of likely N-dealkylation sites (N-methyl/N-ethyl adjacent to an activating group) is 2. The zero-order valence-corrected chi connectivity index (χ0v) is 7.11. The minimum atomic E-state index is -2.22. The molecule has 0 radical (unpaired) electrons. The molecule has 0 heterocycles. The highest BCUT2D eigenvalue weighted by molar-refractivity contribution is 4.57. The first-order valence-electron chi connectivity index (χ1n) is 3.85. The summed E-state index contributed by atoms with van der Waals surface area (Å²) in [5.74, 6) is 0. The molecule has 68 valence electrons. The second kappa shape index (κ2) is 6.49. The number of hydrogen-bond acceptors (Lipinski definition) is 2. The molecule has 4 heteroatoms. The molecule has 0 aromatic rings. The van der Waals surface area contributed by atoms with Gasteiger partial charge in [-0.05, 0) is 13.6 Å². The quantitative estimate of drug-likeness (QED) is 0.627. The Kier molecular flexibility index (Phi) is 6.36. The minimum absolute atomic E-state index is 0.113. The summed E-state index contributed by atoms with van der Waals surface area (Å²) in [4.78, 5) is 1.72. The van der Waals surface area contributed by atoms with Crippen LogP contribution in [-0.2, 0) is 0 Å². The Balaban J connectivity index is 3.41. The van der Waals surface area contributed by atoms with Gasteiger partial charge in [-0.1, -0.05) is 6.92 Å². The van der Waals surface area contributed by atoms with E-state index in [1.54, 1.807) is 4.90 Å². The average molecular weight is 166 g/mol. The summed E-state index contributed by atoms with van der Waals surface area (Å²) in [6, 6.07) is 0. The van der Waals surface area contributed by atoms with Crippen molar-refractivity contribution in [3.05, 3.63) is 0 Å². The van der Waals surface area contributed by atoms with Gasteiger partial charge in [-0.3, -0.25) is 4.90 Å². The summed E-state index contributed by atoms with van der Waals surface area (Å²) in [5.41, 5.74) is 0. The van der Waals surface area contributed by atoms with Crippen molar-refractivity contribution in [2.45, 2.75) is 13.3 Å². The predicted molar refractivity (Wildman–Crippen MR) is 42.0 cm³/mol. The van der Waals surface area contributed by atoms with Gasteiger partial charge in [0.2, 0.25) is 0 Å². The highest BCUT2D eigenvalue weighted by atomic mass is 19.3. The molecule has 2 nitrogen and oxygen atoms in total. The summed E-state index contributed by atoms with van der Waals surface area (Å²) in [7, 11) is 1.82. The fourth-order valence-corrected chi connectivity index (χ4v) is 0.844. The first-order chi connectivity index (χ1) is 5.20. The first kappa shape index (κ1) is 10.8. The lowest BCUT2D eigenvalue weighted by Gasteiger charge is -2.18. The zero-order valence-electron chi connectivity index (χ0n) is 7.11. The molecule has 1 N–H and O–H groups in total. The molecular formula is C7H16F2N2. The lowest BCUT2D eigenvalue weighted by Crippen LogP contribution is -2.34. The largest absolute Gasteiger partial charge is 0.318 e. The number of alkyl halides is 2. The van der Waals surface area contributed by atoms with Crippen LogP contribution < -0.4 is 5.32 Å². The van der Waals surface area contributed by atoms with Crippen molar-refractivity contribution >= 4 is 0 Å². The summed E-state index contributed by atoms with van der Waals surface area (Å²) in [6.07, 6.45) is -2.22. The molecule has 0 rings (SSSR count). The molecule has 0 spiro atoms. The van der Waals surface area contributed by atoms with Crippen molar-refractivity contribution in [2.75, 3.05) is 33.2 Å². The van der Waals surface area contributed by atoms with Crippen molar-refractivity contribution in [2.24, 2.45) is 0 Å². The van der Waals surface area contributed by atoms with E-state index >= 15 is 0 Å². The summed E-state index contributed by atoms with van der Waals surface area (Å²) >= 11 is 0. The lowest BCUT2D eigenvalue weighted by molar-refractivity contribution is 0.0914. The van der Waals surface area contributed by atoms with Crippen LogP contribution in [0, 0.1) is 0 Å². The molecule has 0 aliphatic rings. The predicted octanol–water partition coefficient (Wildman–Crippen LogP) is 0.793. The molecule has 0 unspecified atom stereocenters. The Morgan fingerprint density at radius 1 is 1.45 bits per heavy atom. The third kappa shape index (κ3) is 6.19. The van der Waals surface area contributed by atoms with Crippen LogP contribution in [0.2, 0.25) is 0 Å². The van der Waals surface area contributed by atoms with E-state index in [0.29, 0.717) is 13.1 Å². The maximum absolute atomic E-state index is 11.8. The first-order valence-corrected chi connectivity index (χ1v) is 3.85. The Morgan fingerprint density at radius 3 is 2.45 bits per heavy atom. The van der Waals surface area contributed by atoms with Crippen LogP contribution in [0.25, 0.3) is 0 Å². The van der Waals surface area contributed by atoms with Gasteiger partial charge in [-0.15, -0.1) is 0 Å². The summed E-state index contributed by atoms with van der Waals surface area (Å²) < 4.78 is 23.7. The van der Waals surface area contributed by atoms with Crippen LogP contribution in [0.1, 0.15) is 6.92 Å².